The van der Waals surface area contributed by atoms with Crippen molar-refractivity contribution in [2.75, 3.05) is 32.8 Å². The Morgan fingerprint density at radius 1 is 1.03 bits per heavy atom. The number of morpholine rings is 1. The molecule has 1 saturated heterocycles. The minimum atomic E-state index is -3.57. The lowest BCUT2D eigenvalue weighted by atomic mass is 10.1. The van der Waals surface area contributed by atoms with Gasteiger partial charge in [-0.2, -0.15) is 9.40 Å². The quantitative estimate of drug-likeness (QED) is 0.575. The van der Waals surface area contributed by atoms with Crippen molar-refractivity contribution in [3.63, 3.8) is 0 Å². The van der Waals surface area contributed by atoms with Gasteiger partial charge < -0.3 is 10.1 Å². The van der Waals surface area contributed by atoms with Crippen molar-refractivity contribution in [2.45, 2.75) is 25.2 Å². The summed E-state index contributed by atoms with van der Waals surface area (Å²) in [6.45, 7) is 5.94. The lowest BCUT2D eigenvalue weighted by Gasteiger charge is -2.26. The molecule has 0 spiro atoms. The van der Waals surface area contributed by atoms with Crippen LogP contribution in [0, 0.1) is 13.8 Å². The van der Waals surface area contributed by atoms with E-state index < -0.39 is 10.0 Å². The summed E-state index contributed by atoms with van der Waals surface area (Å²) in [6, 6.07) is 16.2. The van der Waals surface area contributed by atoms with Gasteiger partial charge in [0.25, 0.3) is 5.91 Å². The molecule has 2 aromatic carbocycles. The van der Waals surface area contributed by atoms with E-state index in [1.54, 1.807) is 12.1 Å². The fraction of sp³-hybridized carbons (Fsp3) is 0.333. The summed E-state index contributed by atoms with van der Waals surface area (Å²) in [5.74, 6) is -0.232. The molecule has 0 radical (unpaired) electrons. The number of aryl methyl sites for hydroxylation is 2. The molecule has 0 bridgehead atoms. The summed E-state index contributed by atoms with van der Waals surface area (Å²) in [6.07, 6.45) is 0.687. The Morgan fingerprint density at radius 3 is 2.30 bits per heavy atom. The summed E-state index contributed by atoms with van der Waals surface area (Å²) in [5, 5.41) is 7.39. The van der Waals surface area contributed by atoms with Crippen LogP contribution in [0.3, 0.4) is 0 Å². The number of sulfonamides is 1. The molecular weight excluding hydrogens is 440 g/mol. The van der Waals surface area contributed by atoms with Gasteiger partial charge in [-0.3, -0.25) is 4.79 Å². The number of carbonyl (C=O) groups is 1. The molecule has 4 rings (SSSR count). The van der Waals surface area contributed by atoms with Gasteiger partial charge in [-0.1, -0.05) is 12.1 Å². The largest absolute Gasteiger partial charge is 0.379 e. The Morgan fingerprint density at radius 2 is 1.70 bits per heavy atom. The second-order valence-electron chi connectivity index (χ2n) is 8.05. The van der Waals surface area contributed by atoms with Gasteiger partial charge in [-0.25, -0.2) is 13.1 Å². The number of aromatic nitrogens is 2. The van der Waals surface area contributed by atoms with E-state index in [4.69, 9.17) is 4.74 Å². The third kappa shape index (κ3) is 5.32. The SMILES string of the molecule is Cc1cc(C)n(-c2ccc(CCNC(=O)c3ccc(S(=O)(=O)N4CCOCC4)cc3)cc2)n1. The predicted molar refractivity (Wildman–Crippen MR) is 125 cm³/mol. The van der Waals surface area contributed by atoms with Crippen LogP contribution in [0.25, 0.3) is 5.69 Å². The van der Waals surface area contributed by atoms with Crippen molar-refractivity contribution < 1.29 is 17.9 Å². The highest BCUT2D eigenvalue weighted by atomic mass is 32.2. The molecule has 9 heteroatoms. The normalized spacial score (nSPS) is 14.8. The summed E-state index contributed by atoms with van der Waals surface area (Å²) in [7, 11) is -3.57. The van der Waals surface area contributed by atoms with E-state index in [0.717, 1.165) is 22.6 Å². The minimum absolute atomic E-state index is 0.184. The average molecular weight is 469 g/mol. The number of nitrogens with one attached hydrogen (secondary N) is 1. The minimum Gasteiger partial charge on any atom is -0.379 e. The first-order chi connectivity index (χ1) is 15.8. The van der Waals surface area contributed by atoms with Gasteiger partial charge in [0.1, 0.15) is 0 Å². The van der Waals surface area contributed by atoms with Gasteiger partial charge in [0.2, 0.25) is 10.0 Å². The highest BCUT2D eigenvalue weighted by Gasteiger charge is 2.26. The van der Waals surface area contributed by atoms with Crippen molar-refractivity contribution in [3.05, 3.63) is 77.1 Å². The van der Waals surface area contributed by atoms with Crippen LogP contribution in [0.1, 0.15) is 27.3 Å². The number of hydrogen-bond acceptors (Lipinski definition) is 5. The van der Waals surface area contributed by atoms with Crippen molar-refractivity contribution in [1.82, 2.24) is 19.4 Å². The lowest BCUT2D eigenvalue weighted by Crippen LogP contribution is -2.40. The van der Waals surface area contributed by atoms with E-state index in [-0.39, 0.29) is 10.8 Å². The third-order valence-electron chi connectivity index (χ3n) is 5.61. The van der Waals surface area contributed by atoms with E-state index in [1.165, 1.54) is 16.4 Å². The fourth-order valence-corrected chi connectivity index (χ4v) is 5.24. The van der Waals surface area contributed by atoms with Crippen LogP contribution in [0.15, 0.2) is 59.5 Å². The van der Waals surface area contributed by atoms with Gasteiger partial charge in [0.05, 0.1) is 29.5 Å². The lowest BCUT2D eigenvalue weighted by molar-refractivity contribution is 0.0730. The number of carbonyl (C=O) groups excluding carboxylic acids is 1. The maximum atomic E-state index is 12.7. The first-order valence-corrected chi connectivity index (χ1v) is 12.4. The maximum Gasteiger partial charge on any atom is 0.251 e. The fourth-order valence-electron chi connectivity index (χ4n) is 3.83. The molecule has 0 saturated carbocycles. The van der Waals surface area contributed by atoms with Gasteiger partial charge in [-0.05, 0) is 68.3 Å². The molecule has 1 fully saturated rings. The smallest absolute Gasteiger partial charge is 0.251 e. The number of rotatable bonds is 7. The van der Waals surface area contributed by atoms with Crippen LogP contribution >= 0.6 is 0 Å². The first-order valence-electron chi connectivity index (χ1n) is 10.9. The van der Waals surface area contributed by atoms with E-state index in [0.29, 0.717) is 44.8 Å². The number of amides is 1. The van der Waals surface area contributed by atoms with E-state index in [1.807, 2.05) is 48.9 Å². The van der Waals surface area contributed by atoms with Crippen LogP contribution in [0.5, 0.6) is 0 Å². The Kier molecular flexibility index (Phi) is 6.92. The van der Waals surface area contributed by atoms with Crippen molar-refractivity contribution >= 4 is 15.9 Å². The highest BCUT2D eigenvalue weighted by Crippen LogP contribution is 2.18. The number of nitrogens with zero attached hydrogens (tertiary/aromatic N) is 3. The highest BCUT2D eigenvalue weighted by molar-refractivity contribution is 7.89. The summed E-state index contributed by atoms with van der Waals surface area (Å²) >= 11 is 0. The Labute approximate surface area is 194 Å². The zero-order valence-corrected chi connectivity index (χ0v) is 19.6. The molecule has 2 heterocycles. The van der Waals surface area contributed by atoms with Crippen molar-refractivity contribution in [1.29, 1.82) is 0 Å². The number of hydrogen-bond donors (Lipinski definition) is 1. The number of ether oxygens (including phenoxy) is 1. The van der Waals surface area contributed by atoms with E-state index in [9.17, 15) is 13.2 Å². The molecule has 1 N–H and O–H groups in total. The van der Waals surface area contributed by atoms with Crippen LogP contribution in [0.2, 0.25) is 0 Å². The van der Waals surface area contributed by atoms with Crippen LogP contribution in [-0.4, -0.2) is 61.3 Å². The van der Waals surface area contributed by atoms with Crippen molar-refractivity contribution in [2.24, 2.45) is 0 Å². The zero-order valence-electron chi connectivity index (χ0n) is 18.8. The topological polar surface area (TPSA) is 93.5 Å². The standard InChI is InChI=1S/C24H28N4O4S/c1-18-17-19(2)28(26-18)22-7-3-20(4-8-22)11-12-25-24(29)21-5-9-23(10-6-21)33(30,31)27-13-15-32-16-14-27/h3-10,17H,11-16H2,1-2H3,(H,25,29). The molecule has 0 atom stereocenters. The van der Waals surface area contributed by atoms with E-state index >= 15 is 0 Å². The zero-order chi connectivity index (χ0) is 23.4. The Balaban J connectivity index is 1.31. The summed E-state index contributed by atoms with van der Waals surface area (Å²) in [5.41, 5.74) is 4.59. The molecule has 1 aliphatic rings. The Hall–Kier alpha value is -3.01. The van der Waals surface area contributed by atoms with Crippen molar-refractivity contribution in [3.8, 4) is 5.69 Å². The number of benzene rings is 2. The molecule has 1 aliphatic heterocycles. The van der Waals surface area contributed by atoms with Gasteiger partial charge in [0.15, 0.2) is 0 Å². The van der Waals surface area contributed by atoms with Gasteiger partial charge in [0, 0.05) is 30.9 Å². The molecule has 1 aromatic heterocycles. The molecular formula is C24H28N4O4S. The first kappa shape index (κ1) is 23.2. The van der Waals surface area contributed by atoms with Gasteiger partial charge in [-0.15, -0.1) is 0 Å². The second-order valence-corrected chi connectivity index (χ2v) is 9.99. The molecule has 3 aromatic rings. The predicted octanol–water partition coefficient (Wildman–Crippen LogP) is 2.48. The summed E-state index contributed by atoms with van der Waals surface area (Å²) < 4.78 is 33.9. The molecule has 1 amide bonds. The molecule has 174 valence electrons. The van der Waals surface area contributed by atoms with E-state index in [2.05, 4.69) is 10.4 Å². The summed E-state index contributed by atoms with van der Waals surface area (Å²) in [4.78, 5) is 12.7. The maximum absolute atomic E-state index is 12.7. The molecule has 0 aliphatic carbocycles. The van der Waals surface area contributed by atoms with Crippen LogP contribution in [-0.2, 0) is 21.2 Å². The Bertz CT molecular complexity index is 1210. The third-order valence-corrected chi connectivity index (χ3v) is 7.53. The van der Waals surface area contributed by atoms with Crippen LogP contribution in [0.4, 0.5) is 0 Å². The van der Waals surface area contributed by atoms with Gasteiger partial charge >= 0.3 is 0 Å². The second kappa shape index (κ2) is 9.86. The molecule has 0 unspecified atom stereocenters. The molecule has 33 heavy (non-hydrogen) atoms. The monoisotopic (exact) mass is 468 g/mol. The molecule has 8 nitrogen and oxygen atoms in total. The van der Waals surface area contributed by atoms with Crippen LogP contribution < -0.4 is 5.32 Å². The average Bonchev–Trinajstić information content (AvgIpc) is 3.18.